The first-order valence-electron chi connectivity index (χ1n) is 6.93. The van der Waals surface area contributed by atoms with Crippen LogP contribution in [0.4, 0.5) is 32.0 Å². The van der Waals surface area contributed by atoms with E-state index in [-0.39, 0.29) is 0 Å². The summed E-state index contributed by atoms with van der Waals surface area (Å²) in [7, 11) is 0. The van der Waals surface area contributed by atoms with Crippen LogP contribution in [0.1, 0.15) is 12.5 Å². The van der Waals surface area contributed by atoms with E-state index in [9.17, 15) is 31.4 Å². The lowest BCUT2D eigenvalue weighted by Crippen LogP contribution is -2.53. The molecule has 0 radical (unpaired) electrons. The molecule has 0 fully saturated rings. The van der Waals surface area contributed by atoms with Crippen LogP contribution in [0.3, 0.4) is 0 Å². The van der Waals surface area contributed by atoms with Crippen molar-refractivity contribution < 1.29 is 31.4 Å². The second kappa shape index (κ2) is 6.47. The van der Waals surface area contributed by atoms with Gasteiger partial charge in [0.05, 0.1) is 6.54 Å². The van der Waals surface area contributed by atoms with Gasteiger partial charge in [-0.2, -0.15) is 26.3 Å². The van der Waals surface area contributed by atoms with Gasteiger partial charge in [-0.3, -0.25) is 4.99 Å². The Morgan fingerprint density at radius 2 is 1.62 bits per heavy atom. The van der Waals surface area contributed by atoms with E-state index in [4.69, 9.17) is 0 Å². The molecule has 0 bridgehead atoms. The fourth-order valence-corrected chi connectivity index (χ4v) is 3.22. The summed E-state index contributed by atoms with van der Waals surface area (Å²) in [6, 6.07) is 3.50. The maximum absolute atomic E-state index is 12.9. The first kappa shape index (κ1) is 18.9. The highest BCUT2D eigenvalue weighted by Crippen LogP contribution is 2.50. The van der Waals surface area contributed by atoms with Crippen LogP contribution in [0.5, 0.6) is 0 Å². The Balaban J connectivity index is 2.40. The summed E-state index contributed by atoms with van der Waals surface area (Å²) < 4.78 is 77.1. The Morgan fingerprint density at radius 3 is 2.00 bits per heavy atom. The van der Waals surface area contributed by atoms with Gasteiger partial charge in [0.1, 0.15) is 0 Å². The lowest BCUT2D eigenvalue weighted by Gasteiger charge is -2.33. The number of hydrogen-bond acceptors (Lipinski definition) is 4. The summed E-state index contributed by atoms with van der Waals surface area (Å²) >= 11 is 1.45. The van der Waals surface area contributed by atoms with Crippen LogP contribution in [0.25, 0.3) is 0 Å². The Kier molecular flexibility index (Phi) is 5.10. The molecule has 134 valence electrons. The van der Waals surface area contributed by atoms with E-state index in [0.29, 0.717) is 36.1 Å². The minimum Gasteiger partial charge on any atom is -0.369 e. The molecular formula is C14H14F6N2OS. The van der Waals surface area contributed by atoms with E-state index in [1.807, 2.05) is 0 Å². The van der Waals surface area contributed by atoms with Crippen LogP contribution in [0.2, 0.25) is 0 Å². The average molecular weight is 372 g/mol. The Labute approximate surface area is 138 Å². The van der Waals surface area contributed by atoms with Crippen LogP contribution in [0, 0.1) is 0 Å². The highest BCUT2D eigenvalue weighted by Gasteiger charge is 2.71. The SMILES string of the molecule is CCN(C1=NCCS1)c1ccc(C(O)(C(F)(F)F)C(F)(F)F)cc1. The van der Waals surface area contributed by atoms with Gasteiger partial charge in [0, 0.05) is 23.5 Å². The molecule has 0 atom stereocenters. The highest BCUT2D eigenvalue weighted by atomic mass is 32.2. The summed E-state index contributed by atoms with van der Waals surface area (Å²) in [5, 5.41) is 10.0. The fraction of sp³-hybridized carbons (Fsp3) is 0.500. The fourth-order valence-electron chi connectivity index (χ4n) is 2.29. The van der Waals surface area contributed by atoms with E-state index >= 15 is 0 Å². The van der Waals surface area contributed by atoms with Crippen molar-refractivity contribution in [1.29, 1.82) is 0 Å². The number of anilines is 1. The lowest BCUT2D eigenvalue weighted by atomic mass is 9.92. The molecule has 3 nitrogen and oxygen atoms in total. The Morgan fingerprint density at radius 1 is 1.08 bits per heavy atom. The normalized spacial score (nSPS) is 16.2. The smallest absolute Gasteiger partial charge is 0.369 e. The average Bonchev–Trinajstić information content (AvgIpc) is 2.99. The van der Waals surface area contributed by atoms with E-state index in [1.54, 1.807) is 11.8 Å². The second-order valence-corrected chi connectivity index (χ2v) is 6.07. The summed E-state index contributed by atoms with van der Waals surface area (Å²) in [6.07, 6.45) is -11.8. The summed E-state index contributed by atoms with van der Waals surface area (Å²) in [6.45, 7) is 2.85. The number of alkyl halides is 6. The van der Waals surface area contributed by atoms with Crippen LogP contribution in [0.15, 0.2) is 29.3 Å². The standard InChI is InChI=1S/C14H14F6N2OS/c1-2-22(11-21-7-8-24-11)10-5-3-9(4-6-10)12(23,13(15,16)17)14(18,19)20/h3-6,23H,2,7-8H2,1H3. The number of aliphatic hydroxyl groups is 1. The zero-order valence-corrected chi connectivity index (χ0v) is 13.3. The number of benzene rings is 1. The Bertz CT molecular complexity index is 597. The molecule has 1 heterocycles. The minimum absolute atomic E-state index is 0.404. The minimum atomic E-state index is -5.89. The van der Waals surface area contributed by atoms with Gasteiger partial charge in [-0.05, 0) is 19.1 Å². The van der Waals surface area contributed by atoms with Gasteiger partial charge in [0.15, 0.2) is 5.17 Å². The molecular weight excluding hydrogens is 358 g/mol. The van der Waals surface area contributed by atoms with Gasteiger partial charge >= 0.3 is 12.4 Å². The van der Waals surface area contributed by atoms with Crippen LogP contribution >= 0.6 is 11.8 Å². The van der Waals surface area contributed by atoms with Gasteiger partial charge in [-0.15, -0.1) is 0 Å². The maximum atomic E-state index is 12.9. The van der Waals surface area contributed by atoms with Crippen molar-refractivity contribution in [2.75, 3.05) is 23.7 Å². The molecule has 2 rings (SSSR count). The zero-order chi connectivity index (χ0) is 18.2. The third kappa shape index (κ3) is 3.21. The van der Waals surface area contributed by atoms with Gasteiger partial charge in [0.2, 0.25) is 0 Å². The summed E-state index contributed by atoms with van der Waals surface area (Å²) in [5.41, 5.74) is -5.78. The van der Waals surface area contributed by atoms with Crippen molar-refractivity contribution in [3.63, 3.8) is 0 Å². The number of rotatable bonds is 3. The second-order valence-electron chi connectivity index (χ2n) is 5.01. The molecule has 1 N–H and O–H groups in total. The van der Waals surface area contributed by atoms with Crippen LogP contribution < -0.4 is 4.90 Å². The molecule has 0 amide bonds. The maximum Gasteiger partial charge on any atom is 0.430 e. The monoisotopic (exact) mass is 372 g/mol. The van der Waals surface area contributed by atoms with Gasteiger partial charge in [-0.25, -0.2) is 0 Å². The third-order valence-electron chi connectivity index (χ3n) is 3.53. The third-order valence-corrected chi connectivity index (χ3v) is 4.53. The lowest BCUT2D eigenvalue weighted by molar-refractivity contribution is -0.376. The van der Waals surface area contributed by atoms with Crippen molar-refractivity contribution in [3.05, 3.63) is 29.8 Å². The quantitative estimate of drug-likeness (QED) is 0.817. The van der Waals surface area contributed by atoms with Crippen LogP contribution in [-0.2, 0) is 5.60 Å². The summed E-state index contributed by atoms with van der Waals surface area (Å²) in [4.78, 5) is 5.91. The molecule has 10 heteroatoms. The van der Waals surface area contributed by atoms with Crippen molar-refractivity contribution in [2.45, 2.75) is 24.9 Å². The van der Waals surface area contributed by atoms with Crippen LogP contribution in [-0.4, -0.2) is 41.5 Å². The van der Waals surface area contributed by atoms with Gasteiger partial charge in [0.25, 0.3) is 5.60 Å². The van der Waals surface area contributed by atoms with E-state index in [2.05, 4.69) is 4.99 Å². The van der Waals surface area contributed by atoms with Crippen molar-refractivity contribution in [1.82, 2.24) is 0 Å². The molecule has 1 aromatic carbocycles. The number of halogens is 6. The highest BCUT2D eigenvalue weighted by molar-refractivity contribution is 8.14. The Hall–Kier alpha value is -1.42. The molecule has 1 aromatic rings. The number of nitrogens with zero attached hydrogens (tertiary/aromatic N) is 2. The molecule has 0 unspecified atom stereocenters. The van der Waals surface area contributed by atoms with Crippen molar-refractivity contribution in [3.8, 4) is 0 Å². The van der Waals surface area contributed by atoms with E-state index in [1.165, 1.54) is 11.8 Å². The molecule has 0 saturated heterocycles. The molecule has 1 aliphatic heterocycles. The predicted molar refractivity (Wildman–Crippen MR) is 80.2 cm³/mol. The largest absolute Gasteiger partial charge is 0.430 e. The molecule has 0 spiro atoms. The van der Waals surface area contributed by atoms with Gasteiger partial charge in [-0.1, -0.05) is 23.9 Å². The molecule has 0 aliphatic carbocycles. The molecule has 0 saturated carbocycles. The molecule has 1 aliphatic rings. The first-order valence-corrected chi connectivity index (χ1v) is 7.92. The zero-order valence-electron chi connectivity index (χ0n) is 12.4. The van der Waals surface area contributed by atoms with Crippen molar-refractivity contribution >= 4 is 22.6 Å². The topological polar surface area (TPSA) is 35.8 Å². The first-order chi connectivity index (χ1) is 11.0. The van der Waals surface area contributed by atoms with E-state index < -0.39 is 23.5 Å². The van der Waals surface area contributed by atoms with Crippen molar-refractivity contribution in [2.24, 2.45) is 4.99 Å². The van der Waals surface area contributed by atoms with Gasteiger partial charge < -0.3 is 10.0 Å². The van der Waals surface area contributed by atoms with E-state index in [0.717, 1.165) is 17.9 Å². The molecule has 0 aromatic heterocycles. The summed E-state index contributed by atoms with van der Waals surface area (Å²) in [5.74, 6) is 0.770. The number of thioether (sulfide) groups is 1. The number of aliphatic imine (C=N–C) groups is 1. The predicted octanol–water partition coefficient (Wildman–Crippen LogP) is 3.93. The number of hydrogen-bond donors (Lipinski definition) is 1. The number of amidine groups is 1. The molecule has 24 heavy (non-hydrogen) atoms.